The van der Waals surface area contributed by atoms with Crippen LogP contribution in [0.25, 0.3) is 6.08 Å². The molecule has 0 saturated carbocycles. The number of benzene rings is 2. The molecule has 154 valence electrons. The Labute approximate surface area is 173 Å². The van der Waals surface area contributed by atoms with Crippen LogP contribution in [-0.4, -0.2) is 41.8 Å². The summed E-state index contributed by atoms with van der Waals surface area (Å²) in [6, 6.07) is 8.21. The molecule has 2 heterocycles. The number of rotatable bonds is 5. The molecule has 2 aromatic carbocycles. The van der Waals surface area contributed by atoms with Crippen LogP contribution < -0.4 is 14.8 Å². The van der Waals surface area contributed by atoms with E-state index < -0.39 is 34.3 Å². The summed E-state index contributed by atoms with van der Waals surface area (Å²) >= 11 is 0.764. The predicted octanol–water partition coefficient (Wildman–Crippen LogP) is 3.16. The van der Waals surface area contributed by atoms with Crippen LogP contribution in [0.4, 0.5) is 13.6 Å². The predicted molar refractivity (Wildman–Crippen MR) is 104 cm³/mol. The van der Waals surface area contributed by atoms with Crippen LogP contribution in [0.3, 0.4) is 0 Å². The van der Waals surface area contributed by atoms with Crippen LogP contribution in [0.1, 0.15) is 15.9 Å². The highest BCUT2D eigenvalue weighted by molar-refractivity contribution is 8.18. The van der Waals surface area contributed by atoms with Gasteiger partial charge in [0.2, 0.25) is 6.79 Å². The van der Waals surface area contributed by atoms with Gasteiger partial charge in [0.15, 0.2) is 11.5 Å². The lowest BCUT2D eigenvalue weighted by molar-refractivity contribution is -0.122. The van der Waals surface area contributed by atoms with E-state index in [1.165, 1.54) is 0 Å². The number of hydrogen-bond donors (Lipinski definition) is 1. The van der Waals surface area contributed by atoms with Crippen molar-refractivity contribution in [2.45, 2.75) is 0 Å². The van der Waals surface area contributed by atoms with Crippen LogP contribution in [-0.2, 0) is 4.79 Å². The van der Waals surface area contributed by atoms with Crippen molar-refractivity contribution in [1.29, 1.82) is 0 Å². The highest BCUT2D eigenvalue weighted by Gasteiger charge is 2.35. The Balaban J connectivity index is 1.39. The zero-order valence-electron chi connectivity index (χ0n) is 15.3. The normalized spacial score (nSPS) is 16.5. The SMILES string of the molecule is O=C(NCCN1C(=O)S/C(=C\c2ccc3c(c2)OCO3)C1=O)c1c(F)cccc1F. The molecule has 10 heteroatoms. The number of imide groups is 1. The van der Waals surface area contributed by atoms with E-state index in [-0.39, 0.29) is 24.8 Å². The largest absolute Gasteiger partial charge is 0.454 e. The lowest BCUT2D eigenvalue weighted by Gasteiger charge is -2.13. The number of nitrogens with zero attached hydrogens (tertiary/aromatic N) is 1. The van der Waals surface area contributed by atoms with Crippen LogP contribution in [0.5, 0.6) is 11.5 Å². The monoisotopic (exact) mass is 432 g/mol. The first kappa shape index (κ1) is 19.9. The van der Waals surface area contributed by atoms with Gasteiger partial charge in [0.05, 0.1) is 4.91 Å². The molecule has 0 bridgehead atoms. The minimum absolute atomic E-state index is 0.123. The Morgan fingerprint density at radius 1 is 1.13 bits per heavy atom. The van der Waals surface area contributed by atoms with E-state index in [0.717, 1.165) is 34.9 Å². The van der Waals surface area contributed by atoms with Crippen LogP contribution in [0.2, 0.25) is 0 Å². The smallest absolute Gasteiger partial charge is 0.293 e. The van der Waals surface area contributed by atoms with Crippen molar-refractivity contribution in [2.75, 3.05) is 19.9 Å². The summed E-state index contributed by atoms with van der Waals surface area (Å²) in [6.07, 6.45) is 1.56. The topological polar surface area (TPSA) is 84.9 Å². The summed E-state index contributed by atoms with van der Waals surface area (Å²) in [6.45, 7) is -0.162. The second-order valence-corrected chi connectivity index (χ2v) is 7.29. The van der Waals surface area contributed by atoms with E-state index >= 15 is 0 Å². The molecule has 2 aromatic rings. The number of nitrogens with one attached hydrogen (secondary N) is 1. The molecule has 0 aliphatic carbocycles. The summed E-state index contributed by atoms with van der Waals surface area (Å²) in [5, 5.41) is 1.82. The van der Waals surface area contributed by atoms with E-state index in [1.807, 2.05) is 0 Å². The molecular formula is C20H14F2N2O5S. The first-order valence-corrected chi connectivity index (χ1v) is 9.63. The summed E-state index contributed by atoms with van der Waals surface area (Å²) < 4.78 is 37.8. The molecular weight excluding hydrogens is 418 g/mol. The summed E-state index contributed by atoms with van der Waals surface area (Å²) in [4.78, 5) is 37.9. The molecule has 1 N–H and O–H groups in total. The number of thioether (sulfide) groups is 1. The van der Waals surface area contributed by atoms with Crippen molar-refractivity contribution < 1.29 is 32.6 Å². The van der Waals surface area contributed by atoms with Crippen molar-refractivity contribution >= 4 is 34.9 Å². The molecule has 1 saturated heterocycles. The molecule has 0 atom stereocenters. The van der Waals surface area contributed by atoms with Crippen LogP contribution in [0.15, 0.2) is 41.3 Å². The maximum atomic E-state index is 13.6. The Morgan fingerprint density at radius 2 is 1.87 bits per heavy atom. The van der Waals surface area contributed by atoms with E-state index in [0.29, 0.717) is 17.1 Å². The van der Waals surface area contributed by atoms with E-state index in [9.17, 15) is 23.2 Å². The molecule has 7 nitrogen and oxygen atoms in total. The van der Waals surface area contributed by atoms with Gasteiger partial charge in [0.1, 0.15) is 17.2 Å². The van der Waals surface area contributed by atoms with Crippen molar-refractivity contribution in [3.05, 3.63) is 64.1 Å². The average molecular weight is 432 g/mol. The quantitative estimate of drug-likeness (QED) is 0.731. The molecule has 30 heavy (non-hydrogen) atoms. The Morgan fingerprint density at radius 3 is 2.63 bits per heavy atom. The second kappa shape index (κ2) is 8.15. The molecule has 4 rings (SSSR count). The molecule has 3 amide bonds. The van der Waals surface area contributed by atoms with Gasteiger partial charge < -0.3 is 14.8 Å². The van der Waals surface area contributed by atoms with Crippen molar-refractivity contribution in [2.24, 2.45) is 0 Å². The number of amides is 3. The fourth-order valence-corrected chi connectivity index (χ4v) is 3.80. The van der Waals surface area contributed by atoms with Gasteiger partial charge in [-0.3, -0.25) is 19.3 Å². The third-order valence-corrected chi connectivity index (χ3v) is 5.29. The fourth-order valence-electron chi connectivity index (χ4n) is 2.93. The van der Waals surface area contributed by atoms with Gasteiger partial charge in [-0.05, 0) is 47.7 Å². The van der Waals surface area contributed by atoms with Gasteiger partial charge in [-0.15, -0.1) is 0 Å². The van der Waals surface area contributed by atoms with Gasteiger partial charge >= 0.3 is 0 Å². The minimum atomic E-state index is -0.995. The van der Waals surface area contributed by atoms with Crippen molar-refractivity contribution in [1.82, 2.24) is 10.2 Å². The fraction of sp³-hybridized carbons (Fsp3) is 0.150. The number of halogens is 2. The maximum Gasteiger partial charge on any atom is 0.293 e. The zero-order chi connectivity index (χ0) is 21.3. The number of carbonyl (C=O) groups excluding carboxylic acids is 3. The number of carbonyl (C=O) groups is 3. The molecule has 2 aliphatic heterocycles. The van der Waals surface area contributed by atoms with Gasteiger partial charge in [-0.25, -0.2) is 8.78 Å². The minimum Gasteiger partial charge on any atom is -0.454 e. The molecule has 0 spiro atoms. The molecule has 2 aliphatic rings. The van der Waals surface area contributed by atoms with Crippen molar-refractivity contribution in [3.63, 3.8) is 0 Å². The summed E-state index contributed by atoms with van der Waals surface area (Å²) in [5.41, 5.74) is -0.0533. The number of fused-ring (bicyclic) bond motifs is 1. The standard InChI is InChI=1S/C20H14F2N2O5S/c21-12-2-1-3-13(22)17(12)18(25)23-6-7-24-19(26)16(30-20(24)27)9-11-4-5-14-15(8-11)29-10-28-14/h1-5,8-9H,6-7,10H2,(H,23,25)/b16-9-. The second-order valence-electron chi connectivity index (χ2n) is 6.30. The average Bonchev–Trinajstić information content (AvgIpc) is 3.27. The van der Waals surface area contributed by atoms with Gasteiger partial charge in [-0.1, -0.05) is 12.1 Å². The van der Waals surface area contributed by atoms with Gasteiger partial charge in [0, 0.05) is 13.1 Å². The first-order valence-electron chi connectivity index (χ1n) is 8.81. The molecule has 0 unspecified atom stereocenters. The lowest BCUT2D eigenvalue weighted by atomic mass is 10.2. The lowest BCUT2D eigenvalue weighted by Crippen LogP contribution is -2.37. The van der Waals surface area contributed by atoms with Gasteiger partial charge in [0.25, 0.3) is 17.1 Å². The van der Waals surface area contributed by atoms with Crippen molar-refractivity contribution in [3.8, 4) is 11.5 Å². The van der Waals surface area contributed by atoms with Crippen LogP contribution in [0, 0.1) is 11.6 Å². The molecule has 0 aromatic heterocycles. The number of hydrogen-bond acceptors (Lipinski definition) is 6. The third-order valence-electron chi connectivity index (χ3n) is 4.38. The third kappa shape index (κ3) is 3.86. The highest BCUT2D eigenvalue weighted by Crippen LogP contribution is 2.36. The highest BCUT2D eigenvalue weighted by atomic mass is 32.2. The Bertz CT molecular complexity index is 1070. The number of ether oxygens (including phenoxy) is 2. The summed E-state index contributed by atoms with van der Waals surface area (Å²) in [5.74, 6) is -2.33. The molecule has 1 fully saturated rings. The maximum absolute atomic E-state index is 13.6. The van der Waals surface area contributed by atoms with Gasteiger partial charge in [-0.2, -0.15) is 0 Å². The van der Waals surface area contributed by atoms with E-state index in [1.54, 1.807) is 24.3 Å². The zero-order valence-corrected chi connectivity index (χ0v) is 16.1. The summed E-state index contributed by atoms with van der Waals surface area (Å²) in [7, 11) is 0. The van der Waals surface area contributed by atoms with E-state index in [2.05, 4.69) is 5.32 Å². The molecule has 0 radical (unpaired) electrons. The Hall–Kier alpha value is -3.40. The van der Waals surface area contributed by atoms with E-state index in [4.69, 9.17) is 9.47 Å². The Kier molecular flexibility index (Phi) is 5.40. The van der Waals surface area contributed by atoms with Crippen LogP contribution >= 0.6 is 11.8 Å². The first-order chi connectivity index (χ1) is 14.4.